The number of rotatable bonds is 4. The van der Waals surface area contributed by atoms with E-state index in [-0.39, 0.29) is 0 Å². The molecule has 0 radical (unpaired) electrons. The van der Waals surface area contributed by atoms with Crippen LogP contribution in [0.25, 0.3) is 0 Å². The fourth-order valence-corrected chi connectivity index (χ4v) is 4.40. The van der Waals surface area contributed by atoms with Crippen molar-refractivity contribution in [2.45, 2.75) is 63.5 Å². The van der Waals surface area contributed by atoms with Gasteiger partial charge in [-0.25, -0.2) is 0 Å². The van der Waals surface area contributed by atoms with E-state index in [4.69, 9.17) is 0 Å². The summed E-state index contributed by atoms with van der Waals surface area (Å²) in [7, 11) is 0. The molecule has 0 aromatic heterocycles. The van der Waals surface area contributed by atoms with Gasteiger partial charge in [-0.1, -0.05) is 37.6 Å². The normalized spacial score (nSPS) is 29.3. The van der Waals surface area contributed by atoms with Gasteiger partial charge in [-0.3, -0.25) is 9.69 Å². The highest BCUT2D eigenvalue weighted by Crippen LogP contribution is 2.39. The van der Waals surface area contributed by atoms with Crippen LogP contribution in [0.3, 0.4) is 0 Å². The Balaban J connectivity index is 1.85. The van der Waals surface area contributed by atoms with Crippen LogP contribution in [0.4, 0.5) is 0 Å². The molecule has 2 unspecified atom stereocenters. The fraction of sp³-hybridized carbons (Fsp3) is 0.611. The van der Waals surface area contributed by atoms with Crippen molar-refractivity contribution in [3.63, 3.8) is 0 Å². The van der Waals surface area contributed by atoms with Gasteiger partial charge in [-0.15, -0.1) is 0 Å². The van der Waals surface area contributed by atoms with E-state index < -0.39 is 11.5 Å². The van der Waals surface area contributed by atoms with Crippen LogP contribution in [0, 0.1) is 0 Å². The van der Waals surface area contributed by atoms with Crippen molar-refractivity contribution in [2.24, 2.45) is 0 Å². The van der Waals surface area contributed by atoms with Gasteiger partial charge in [-0.2, -0.15) is 0 Å². The molecule has 1 aromatic rings. The summed E-state index contributed by atoms with van der Waals surface area (Å²) in [5.41, 5.74) is 2.26. The Morgan fingerprint density at radius 3 is 2.86 bits per heavy atom. The van der Waals surface area contributed by atoms with E-state index in [0.29, 0.717) is 6.04 Å². The first-order valence-corrected chi connectivity index (χ1v) is 8.24. The number of likely N-dealkylation sites (tertiary alicyclic amines) is 1. The van der Waals surface area contributed by atoms with Crippen molar-refractivity contribution in [1.82, 2.24) is 4.90 Å². The first-order valence-electron chi connectivity index (χ1n) is 8.24. The number of carboxylic acids is 1. The van der Waals surface area contributed by atoms with E-state index in [1.807, 2.05) is 0 Å². The Kier molecular flexibility index (Phi) is 4.03. The molecule has 1 aromatic carbocycles. The maximum absolute atomic E-state index is 12.0. The molecule has 1 heterocycles. The topological polar surface area (TPSA) is 40.5 Å². The Labute approximate surface area is 127 Å². The first-order chi connectivity index (χ1) is 10.2. The van der Waals surface area contributed by atoms with Gasteiger partial charge >= 0.3 is 5.97 Å². The molecule has 0 amide bonds. The highest BCUT2D eigenvalue weighted by Gasteiger charge is 2.49. The third-order valence-corrected chi connectivity index (χ3v) is 5.36. The van der Waals surface area contributed by atoms with Gasteiger partial charge in [0.25, 0.3) is 0 Å². The number of benzene rings is 1. The highest BCUT2D eigenvalue weighted by atomic mass is 16.4. The lowest BCUT2D eigenvalue weighted by Gasteiger charge is -2.42. The molecule has 2 aliphatic rings. The van der Waals surface area contributed by atoms with Crippen LogP contribution >= 0.6 is 0 Å². The van der Waals surface area contributed by atoms with Gasteiger partial charge in [-0.05, 0) is 56.2 Å². The predicted molar refractivity (Wildman–Crippen MR) is 83.5 cm³/mol. The molecule has 1 aliphatic carbocycles. The van der Waals surface area contributed by atoms with E-state index in [1.54, 1.807) is 0 Å². The van der Waals surface area contributed by atoms with Crippen LogP contribution in [0.1, 0.15) is 50.2 Å². The molecule has 2 atom stereocenters. The monoisotopic (exact) mass is 287 g/mol. The summed E-state index contributed by atoms with van der Waals surface area (Å²) in [6, 6.07) is 9.02. The van der Waals surface area contributed by atoms with Crippen molar-refractivity contribution in [1.29, 1.82) is 0 Å². The number of nitrogens with zero attached hydrogens (tertiary/aromatic N) is 1. The summed E-state index contributed by atoms with van der Waals surface area (Å²) in [5, 5.41) is 9.85. The number of fused-ring (bicyclic) bond motifs is 1. The predicted octanol–water partition coefficient (Wildman–Crippen LogP) is 3.26. The molecular weight excluding hydrogens is 262 g/mol. The van der Waals surface area contributed by atoms with Gasteiger partial charge < -0.3 is 5.11 Å². The SMILES string of the molecule is CCCC1(C(=O)O)CCCN1C1CCc2ccccc2C1. The Bertz CT molecular complexity index is 528. The summed E-state index contributed by atoms with van der Waals surface area (Å²) in [6.07, 6.45) is 6.73. The Morgan fingerprint density at radius 1 is 1.38 bits per heavy atom. The summed E-state index contributed by atoms with van der Waals surface area (Å²) in [5.74, 6) is -0.610. The van der Waals surface area contributed by atoms with Crippen molar-refractivity contribution in [3.05, 3.63) is 35.4 Å². The van der Waals surface area contributed by atoms with E-state index in [1.165, 1.54) is 11.1 Å². The molecule has 3 nitrogen and oxygen atoms in total. The zero-order valence-electron chi connectivity index (χ0n) is 12.8. The smallest absolute Gasteiger partial charge is 0.324 e. The largest absolute Gasteiger partial charge is 0.480 e. The quantitative estimate of drug-likeness (QED) is 0.924. The van der Waals surface area contributed by atoms with Crippen molar-refractivity contribution in [2.75, 3.05) is 6.54 Å². The molecule has 0 saturated carbocycles. The van der Waals surface area contributed by atoms with E-state index in [9.17, 15) is 9.90 Å². The maximum Gasteiger partial charge on any atom is 0.324 e. The van der Waals surface area contributed by atoms with E-state index in [0.717, 1.165) is 51.5 Å². The van der Waals surface area contributed by atoms with Crippen LogP contribution in [0.5, 0.6) is 0 Å². The zero-order chi connectivity index (χ0) is 14.9. The van der Waals surface area contributed by atoms with E-state index >= 15 is 0 Å². The fourth-order valence-electron chi connectivity index (χ4n) is 4.40. The number of aryl methyl sites for hydroxylation is 1. The molecule has 3 heteroatoms. The number of carbonyl (C=O) groups is 1. The summed E-state index contributed by atoms with van der Waals surface area (Å²) in [6.45, 7) is 3.04. The molecule has 3 rings (SSSR count). The molecule has 21 heavy (non-hydrogen) atoms. The van der Waals surface area contributed by atoms with Crippen molar-refractivity contribution >= 4 is 5.97 Å². The minimum atomic E-state index is -0.610. The Morgan fingerprint density at radius 2 is 2.14 bits per heavy atom. The third kappa shape index (κ3) is 2.48. The average Bonchev–Trinajstić information content (AvgIpc) is 2.92. The van der Waals surface area contributed by atoms with E-state index in [2.05, 4.69) is 36.1 Å². The summed E-state index contributed by atoms with van der Waals surface area (Å²) in [4.78, 5) is 14.3. The number of aliphatic carboxylic acids is 1. The van der Waals surface area contributed by atoms with Crippen LogP contribution in [0.2, 0.25) is 0 Å². The van der Waals surface area contributed by atoms with Gasteiger partial charge in [0, 0.05) is 6.04 Å². The third-order valence-electron chi connectivity index (χ3n) is 5.36. The second-order valence-corrected chi connectivity index (χ2v) is 6.55. The molecule has 0 spiro atoms. The maximum atomic E-state index is 12.0. The average molecular weight is 287 g/mol. The van der Waals surface area contributed by atoms with Gasteiger partial charge in [0.1, 0.15) is 5.54 Å². The molecule has 114 valence electrons. The lowest BCUT2D eigenvalue weighted by atomic mass is 9.83. The lowest BCUT2D eigenvalue weighted by Crippen LogP contribution is -2.55. The van der Waals surface area contributed by atoms with Gasteiger partial charge in [0.2, 0.25) is 0 Å². The second-order valence-electron chi connectivity index (χ2n) is 6.55. The lowest BCUT2D eigenvalue weighted by molar-refractivity contribution is -0.152. The summed E-state index contributed by atoms with van der Waals surface area (Å²) < 4.78 is 0. The zero-order valence-corrected chi connectivity index (χ0v) is 12.8. The second kappa shape index (κ2) is 5.80. The number of carboxylic acid groups (broad SMARTS) is 1. The van der Waals surface area contributed by atoms with Gasteiger partial charge in [0.15, 0.2) is 0 Å². The Hall–Kier alpha value is -1.35. The molecular formula is C18H25NO2. The van der Waals surface area contributed by atoms with Crippen LogP contribution in [0.15, 0.2) is 24.3 Å². The number of hydrogen-bond acceptors (Lipinski definition) is 2. The summed E-state index contributed by atoms with van der Waals surface area (Å²) >= 11 is 0. The van der Waals surface area contributed by atoms with Crippen LogP contribution < -0.4 is 0 Å². The molecule has 1 fully saturated rings. The van der Waals surface area contributed by atoms with Crippen LogP contribution in [-0.4, -0.2) is 34.1 Å². The first kappa shape index (κ1) is 14.6. The van der Waals surface area contributed by atoms with Gasteiger partial charge in [0.05, 0.1) is 0 Å². The molecule has 1 N–H and O–H groups in total. The standard InChI is InChI=1S/C18H25NO2/c1-2-10-18(17(20)21)11-5-12-19(18)16-9-8-14-6-3-4-7-15(14)13-16/h3-4,6-7,16H,2,5,8-13H2,1H3,(H,20,21). The molecule has 0 bridgehead atoms. The van der Waals surface area contributed by atoms with Crippen molar-refractivity contribution in [3.8, 4) is 0 Å². The molecule has 1 saturated heterocycles. The minimum absolute atomic E-state index is 0.394. The van der Waals surface area contributed by atoms with Crippen molar-refractivity contribution < 1.29 is 9.90 Å². The minimum Gasteiger partial charge on any atom is -0.480 e. The highest BCUT2D eigenvalue weighted by molar-refractivity contribution is 5.79. The molecule has 1 aliphatic heterocycles. The van der Waals surface area contributed by atoms with Crippen LogP contribution in [-0.2, 0) is 17.6 Å². The number of hydrogen-bond donors (Lipinski definition) is 1.